The third-order valence-corrected chi connectivity index (χ3v) is 15.8. The Morgan fingerprint density at radius 1 is 0.707 bits per heavy atom. The van der Waals surface area contributed by atoms with Crippen molar-refractivity contribution in [3.05, 3.63) is 85.1 Å². The lowest BCUT2D eigenvalue weighted by Gasteiger charge is -2.46. The van der Waals surface area contributed by atoms with Crippen LogP contribution in [0.1, 0.15) is 105 Å². The number of cyclic esters (lactones) is 1. The molecule has 466 valence electrons. The second-order valence-electron chi connectivity index (χ2n) is 22.9. The van der Waals surface area contributed by atoms with Crippen molar-refractivity contribution in [2.45, 2.75) is 202 Å². The van der Waals surface area contributed by atoms with E-state index in [1.807, 2.05) is 80.6 Å². The first-order chi connectivity index (χ1) is 39.0. The van der Waals surface area contributed by atoms with Crippen LogP contribution in [-0.4, -0.2) is 229 Å². The monoisotopic (exact) mass is 1180 g/mol. The van der Waals surface area contributed by atoms with Gasteiger partial charge in [-0.1, -0.05) is 105 Å². The Bertz CT molecular complexity index is 2110. The number of thiocarbonyl (C=S) groups is 1. The molecule has 0 unspecified atom stereocenters. The Hall–Kier alpha value is -3.79. The largest absolute Gasteiger partial charge is 0.462 e. The van der Waals surface area contributed by atoms with Crippen molar-refractivity contribution in [3.8, 4) is 0 Å². The Morgan fingerprint density at radius 2 is 1.33 bits per heavy atom. The van der Waals surface area contributed by atoms with Crippen molar-refractivity contribution < 1.29 is 79.6 Å². The number of ether oxygens (including phenoxy) is 4. The molecule has 1 amide bonds. The average molecular weight is 1180 g/mol. The zero-order valence-electron chi connectivity index (χ0n) is 48.9. The number of allylic oxidation sites excluding steroid dienone is 12. The highest BCUT2D eigenvalue weighted by atomic mass is 32.1. The normalized spacial score (nSPS) is 39.8. The summed E-state index contributed by atoms with van der Waals surface area (Å²) in [6.45, 7) is 11.1. The second kappa shape index (κ2) is 36.9. The first kappa shape index (κ1) is 70.7. The molecule has 4 aliphatic rings. The minimum atomic E-state index is -2.28. The molecule has 82 heavy (non-hydrogen) atoms. The molecule has 0 radical (unpaired) electrons. The van der Waals surface area contributed by atoms with Crippen molar-refractivity contribution in [1.29, 1.82) is 0 Å². The van der Waals surface area contributed by atoms with E-state index in [2.05, 4.69) is 20.9 Å². The fourth-order valence-electron chi connectivity index (χ4n) is 10.6. The number of carbonyl (C=O) groups is 2. The maximum Gasteiger partial charge on any atom is 0.308 e. The van der Waals surface area contributed by atoms with Crippen LogP contribution in [0, 0.1) is 17.8 Å². The zero-order valence-corrected chi connectivity index (χ0v) is 49.7. The first-order valence-corrected chi connectivity index (χ1v) is 29.8. The van der Waals surface area contributed by atoms with Gasteiger partial charge in [0.05, 0.1) is 79.4 Å². The molecule has 19 atom stereocenters. The van der Waals surface area contributed by atoms with Gasteiger partial charge in [0.2, 0.25) is 5.91 Å². The summed E-state index contributed by atoms with van der Waals surface area (Å²) in [5.41, 5.74) is 0. The number of aliphatic hydroxyl groups is 10. The molecule has 3 fully saturated rings. The van der Waals surface area contributed by atoms with E-state index in [1.165, 1.54) is 6.42 Å². The maximum atomic E-state index is 14.1. The van der Waals surface area contributed by atoms with Crippen molar-refractivity contribution in [3.63, 3.8) is 0 Å². The fourth-order valence-corrected chi connectivity index (χ4v) is 10.8. The number of hydrogen-bond donors (Lipinski definition) is 13. The third-order valence-electron chi connectivity index (χ3n) is 15.5. The number of likely N-dealkylation sites (tertiary alicyclic amines) is 1. The number of piperidine rings is 1. The van der Waals surface area contributed by atoms with Crippen molar-refractivity contribution in [2.75, 3.05) is 53.4 Å². The molecule has 3 saturated heterocycles. The van der Waals surface area contributed by atoms with Gasteiger partial charge in [0, 0.05) is 57.2 Å². The topological polar surface area (TPSA) is 316 Å². The van der Waals surface area contributed by atoms with Crippen molar-refractivity contribution in [1.82, 2.24) is 25.8 Å². The number of hydrogen-bond acceptors (Lipinski definition) is 19. The molecule has 21 nitrogen and oxygen atoms in total. The summed E-state index contributed by atoms with van der Waals surface area (Å²) in [6.07, 6.45) is 8.90. The molecule has 0 saturated carbocycles. The molecule has 2 bridgehead atoms. The minimum Gasteiger partial charge on any atom is -0.462 e. The Balaban J connectivity index is 1.63. The lowest BCUT2D eigenvalue weighted by molar-refractivity contribution is -0.307. The van der Waals surface area contributed by atoms with Gasteiger partial charge < -0.3 is 95.8 Å². The van der Waals surface area contributed by atoms with Crippen LogP contribution in [-0.2, 0) is 28.5 Å². The summed E-state index contributed by atoms with van der Waals surface area (Å²) in [5.74, 6) is -5.59. The van der Waals surface area contributed by atoms with E-state index in [0.29, 0.717) is 19.5 Å². The van der Waals surface area contributed by atoms with Gasteiger partial charge in [0.25, 0.3) is 0 Å². The molecule has 4 aliphatic heterocycles. The van der Waals surface area contributed by atoms with Crippen LogP contribution >= 0.6 is 12.2 Å². The molecule has 0 aromatic heterocycles. The van der Waals surface area contributed by atoms with Gasteiger partial charge in [-0.2, -0.15) is 0 Å². The highest BCUT2D eigenvalue weighted by Gasteiger charge is 2.51. The van der Waals surface area contributed by atoms with Crippen LogP contribution < -0.4 is 16.0 Å². The summed E-state index contributed by atoms with van der Waals surface area (Å²) < 4.78 is 24.5. The first-order valence-electron chi connectivity index (χ1n) is 29.4. The third kappa shape index (κ3) is 25.4. The van der Waals surface area contributed by atoms with E-state index in [9.17, 15) is 60.7 Å². The minimum absolute atomic E-state index is 0.0964. The summed E-state index contributed by atoms with van der Waals surface area (Å²) in [4.78, 5) is 31.2. The van der Waals surface area contributed by atoms with E-state index in [-0.39, 0.29) is 43.3 Å². The molecular formula is C60H99N5O16S. The lowest BCUT2D eigenvalue weighted by Crippen LogP contribution is -2.65. The number of amides is 1. The van der Waals surface area contributed by atoms with Crippen LogP contribution in [0.2, 0.25) is 0 Å². The van der Waals surface area contributed by atoms with Gasteiger partial charge in [0.1, 0.15) is 18.3 Å². The SMILES string of the molecule is C[C@@H]1[C@H](O)[C@@H](C)/C=C/C=C/C=C/C=C/C=C/C=C/C=C/[C@H](O[C@@H]2O[C@@H](C)[C@@H](O)[C@H](NC(=S)NCCN3CCCCC3)[C@@H]2O)C[C@@H]2O[C@](O)(C[C@@H](O)C[C@@H](O)[C@H](O)CC[C@@H](O)C[C@@H](O)CC(=O)O[C@H]1C)C[C@H](O)[C@H]2C(=O)NCCCN(C)C. The number of aliphatic hydroxyl groups excluding tert-OH is 9. The molecule has 4 heterocycles. The van der Waals surface area contributed by atoms with E-state index >= 15 is 0 Å². The van der Waals surface area contributed by atoms with Gasteiger partial charge in [-0.15, -0.1) is 0 Å². The summed E-state index contributed by atoms with van der Waals surface area (Å²) in [6, 6.07) is -1.04. The average Bonchev–Trinajstić information content (AvgIpc) is 2.47. The Morgan fingerprint density at radius 3 is 1.96 bits per heavy atom. The molecular weight excluding hydrogens is 1080 g/mol. The van der Waals surface area contributed by atoms with E-state index in [0.717, 1.165) is 32.5 Å². The Labute approximate surface area is 491 Å². The molecule has 22 heteroatoms. The van der Waals surface area contributed by atoms with Gasteiger partial charge >= 0.3 is 5.97 Å². The predicted octanol–water partition coefficient (Wildman–Crippen LogP) is 1.69. The molecule has 0 aromatic rings. The highest BCUT2D eigenvalue weighted by Crippen LogP contribution is 2.38. The highest BCUT2D eigenvalue weighted by molar-refractivity contribution is 7.80. The molecule has 0 aliphatic carbocycles. The number of carbonyl (C=O) groups excluding carboxylic acids is 2. The van der Waals surface area contributed by atoms with Crippen molar-refractivity contribution in [2.24, 2.45) is 17.8 Å². The van der Waals surface area contributed by atoms with Crippen LogP contribution in [0.3, 0.4) is 0 Å². The van der Waals surface area contributed by atoms with Crippen molar-refractivity contribution >= 4 is 29.2 Å². The number of nitrogens with one attached hydrogen (secondary N) is 3. The second-order valence-corrected chi connectivity index (χ2v) is 23.3. The molecule has 0 spiro atoms. The van der Waals surface area contributed by atoms with E-state index in [1.54, 1.807) is 51.2 Å². The summed E-state index contributed by atoms with van der Waals surface area (Å²) in [5, 5.41) is 122. The van der Waals surface area contributed by atoms with Crippen LogP contribution in [0.15, 0.2) is 85.1 Å². The number of esters is 1. The fraction of sp³-hybridized carbons (Fsp3) is 0.717. The molecule has 0 aromatic carbocycles. The van der Waals surface area contributed by atoms with Gasteiger partial charge in [-0.3, -0.25) is 9.59 Å². The maximum absolute atomic E-state index is 14.1. The van der Waals surface area contributed by atoms with Crippen LogP contribution in [0.4, 0.5) is 0 Å². The van der Waals surface area contributed by atoms with Gasteiger partial charge in [-0.05, 0) is 98.3 Å². The summed E-state index contributed by atoms with van der Waals surface area (Å²) in [7, 11) is 3.80. The Kier molecular flexibility index (Phi) is 31.8. The van der Waals surface area contributed by atoms with E-state index in [4.69, 9.17) is 31.2 Å². The van der Waals surface area contributed by atoms with Crippen LogP contribution in [0.25, 0.3) is 0 Å². The molecule has 4 rings (SSSR count). The number of rotatable bonds is 11. The van der Waals surface area contributed by atoms with Crippen LogP contribution in [0.5, 0.6) is 0 Å². The quantitative estimate of drug-likeness (QED) is 0.0795. The van der Waals surface area contributed by atoms with E-state index < -0.39 is 147 Å². The standard InChI is InChI=1S/C60H99N5O16S/c1-39-23-18-15-13-11-9-7-8-10-12-14-16-19-24-46(80-58-56(75)53(55(74)42(4)79-58)63-59(82)62-28-32-65-30-20-17-21-31-65)36-50-52(57(76)61-27-22-29-64(5)6)49(71)38-60(77,81-50)37-45(68)34-48(70)47(69)26-25-43(66)33-44(67)35-51(72)78-41(3)40(2)54(39)73/h7-16,18-19,23-24,39-50,52-56,58,66-71,73-75,77H,17,20-22,25-38H2,1-6H3,(H,61,76)(H2,62,63,82)/b8-7+,11-9+,12-10+,15-13+,16-14+,23-18+,24-19+/t39-,40-,41-,42-,43+,44+,45-,46-,47+,48+,49-,50-,52+,53-,54+,55+,56-,58-,60+/m0/s1. The number of nitrogens with zero attached hydrogens (tertiary/aromatic N) is 2. The predicted molar refractivity (Wildman–Crippen MR) is 315 cm³/mol. The molecule has 13 N–H and O–H groups in total. The lowest BCUT2D eigenvalue weighted by atomic mass is 9.82. The van der Waals surface area contributed by atoms with Gasteiger partial charge in [0.15, 0.2) is 17.2 Å². The smallest absolute Gasteiger partial charge is 0.308 e. The van der Waals surface area contributed by atoms with Gasteiger partial charge in [-0.25, -0.2) is 0 Å². The summed E-state index contributed by atoms with van der Waals surface area (Å²) >= 11 is 5.61. The number of fused-ring (bicyclic) bond motifs is 2. The zero-order chi connectivity index (χ0) is 60.4.